The number of nitrogens with zero attached hydrogens (tertiary/aromatic N) is 4. The average Bonchev–Trinajstić information content (AvgIpc) is 3.61. The van der Waals surface area contributed by atoms with Crippen molar-refractivity contribution in [3.8, 4) is 0 Å². The van der Waals surface area contributed by atoms with Crippen LogP contribution in [0.1, 0.15) is 42.1 Å². The Labute approximate surface area is 253 Å². The molecule has 6 aliphatic heterocycles. The van der Waals surface area contributed by atoms with E-state index in [4.69, 9.17) is 5.10 Å². The number of benzene rings is 2. The fourth-order valence-corrected chi connectivity index (χ4v) is 23.4. The number of hydrogen-bond acceptors (Lipinski definition) is 6. The number of imide groups is 1. The average molecular weight is 689 g/mol. The predicted molar refractivity (Wildman–Crippen MR) is 166 cm³/mol. The van der Waals surface area contributed by atoms with E-state index < -0.39 is 31.8 Å². The number of nitrogens with one attached hydrogen (secondary N) is 2. The number of piperidine rings is 2. The van der Waals surface area contributed by atoms with E-state index in [0.717, 1.165) is 79.6 Å². The van der Waals surface area contributed by atoms with E-state index in [1.54, 1.807) is 11.0 Å². The summed E-state index contributed by atoms with van der Waals surface area (Å²) in [7, 11) is 0. The van der Waals surface area contributed by atoms with Crippen LogP contribution in [-0.4, -0.2) is 68.7 Å². The maximum atomic E-state index is 13.6. The number of carbonyl (C=O) groups excluding carboxylic acids is 4. The topological polar surface area (TPSA) is 117 Å². The maximum absolute atomic E-state index is 13.6. The summed E-state index contributed by atoms with van der Waals surface area (Å²) in [5, 5.41) is 12.3. The number of alkyl halides is 3. The van der Waals surface area contributed by atoms with Gasteiger partial charge in [0, 0.05) is 17.4 Å². The molecule has 3 saturated carbocycles. The van der Waals surface area contributed by atoms with Crippen molar-refractivity contribution in [2.45, 2.75) is 49.0 Å². The summed E-state index contributed by atoms with van der Waals surface area (Å²) in [4.78, 5) is 55.2. The molecule has 3 aromatic rings. The van der Waals surface area contributed by atoms with Crippen LogP contribution >= 0.6 is 19.8 Å². The minimum Gasteiger partial charge on any atom is -0.295 e. The molecule has 1 aromatic heterocycles. The molecule has 0 bridgehead atoms. The molecule has 2 aromatic carbocycles. The summed E-state index contributed by atoms with van der Waals surface area (Å²) >= 11 is -0.930. The molecule has 5 unspecified atom stereocenters. The Morgan fingerprint density at radius 1 is 1.02 bits per heavy atom. The minimum atomic E-state index is -0.930. The summed E-state index contributed by atoms with van der Waals surface area (Å²) in [6.07, 6.45) is 6.27. The molecule has 0 radical (unpaired) electrons. The Morgan fingerprint density at radius 3 is 2.58 bits per heavy atom. The van der Waals surface area contributed by atoms with Crippen LogP contribution in [-0.2, 0) is 14.4 Å². The van der Waals surface area contributed by atoms with Crippen molar-refractivity contribution in [3.05, 3.63) is 48.3 Å². The molecule has 5 atom stereocenters. The van der Waals surface area contributed by atoms with Crippen molar-refractivity contribution in [1.29, 1.82) is 0 Å². The van der Waals surface area contributed by atoms with Crippen molar-refractivity contribution in [2.75, 3.05) is 23.3 Å². The molecule has 10 nitrogen and oxygen atoms in total. The van der Waals surface area contributed by atoms with Gasteiger partial charge in [0.2, 0.25) is 11.8 Å². The summed E-state index contributed by atoms with van der Waals surface area (Å²) in [6, 6.07) is 9.03. The van der Waals surface area contributed by atoms with Gasteiger partial charge in [0.15, 0.2) is 0 Å². The zero-order chi connectivity index (χ0) is 28.5. The number of anilines is 3. The van der Waals surface area contributed by atoms with Crippen molar-refractivity contribution in [1.82, 2.24) is 20.0 Å². The minimum absolute atomic E-state index is 0.213. The smallest absolute Gasteiger partial charge is 0.295 e. The Hall–Kier alpha value is -3.48. The molecule has 2 N–H and O–H groups in total. The second-order valence-corrected chi connectivity index (χ2v) is 20.2. The van der Waals surface area contributed by atoms with Crippen molar-refractivity contribution >= 4 is 71.3 Å². The number of hydrogen-bond donors (Lipinski definition) is 2. The van der Waals surface area contributed by atoms with Gasteiger partial charge in [-0.25, -0.2) is 0 Å². The Bertz CT molecular complexity index is 1830. The number of rotatable bonds is 5. The molecule has 218 valence electrons. The molecule has 4 amide bonds. The molecule has 0 spiro atoms. The quantitative estimate of drug-likeness (QED) is 0.242. The molecular formula is C32H29IN6O4. The zero-order valence-electron chi connectivity index (χ0n) is 23.2. The second-order valence-electron chi connectivity index (χ2n) is 13.6. The van der Waals surface area contributed by atoms with Crippen LogP contribution in [0.4, 0.5) is 17.1 Å². The van der Waals surface area contributed by atoms with Gasteiger partial charge >= 0.3 is 153 Å². The van der Waals surface area contributed by atoms with Crippen molar-refractivity contribution < 1.29 is 19.2 Å². The van der Waals surface area contributed by atoms with Gasteiger partial charge in [-0.15, -0.1) is 0 Å². The van der Waals surface area contributed by atoms with Gasteiger partial charge in [-0.3, -0.25) is 24.6 Å². The standard InChI is InChI=1S/C32H29IN6O4/c40-21-7-6-20(29(41)36-21)39-19-5-4-18(16-2-1-3-17(22(16)19)30(39)42)35-14-12-34-38(13-14)15-8-10-37(11-9-15)31(43)32-25-23-24-27(25)33(32)28(24)26(23)32/h1-5,12-13,15,20,23-28,35H,6-11H2,(H,36,40,41). The van der Waals surface area contributed by atoms with Gasteiger partial charge in [0.25, 0.3) is 5.91 Å². The van der Waals surface area contributed by atoms with E-state index in [1.165, 1.54) is 0 Å². The molecule has 43 heavy (non-hydrogen) atoms. The van der Waals surface area contributed by atoms with Crippen molar-refractivity contribution in [3.63, 3.8) is 0 Å². The Kier molecular flexibility index (Phi) is 4.22. The van der Waals surface area contributed by atoms with Gasteiger partial charge in [0.05, 0.1) is 5.69 Å². The Morgan fingerprint density at radius 2 is 1.84 bits per heavy atom. The van der Waals surface area contributed by atoms with Crippen LogP contribution < -0.4 is 15.5 Å². The number of halogens is 1. The van der Waals surface area contributed by atoms with E-state index >= 15 is 0 Å². The van der Waals surface area contributed by atoms with Gasteiger partial charge in [-0.1, -0.05) is 12.1 Å². The van der Waals surface area contributed by atoms with Crippen LogP contribution in [0.5, 0.6) is 0 Å². The van der Waals surface area contributed by atoms with Gasteiger partial charge in [-0.05, 0) is 18.6 Å². The first kappa shape index (κ1) is 23.9. The molecule has 12 rings (SSSR count). The fraction of sp³-hybridized carbons (Fsp3) is 0.469. The van der Waals surface area contributed by atoms with E-state index in [1.807, 2.05) is 41.3 Å². The van der Waals surface area contributed by atoms with E-state index in [-0.39, 0.29) is 27.7 Å². The first-order chi connectivity index (χ1) is 21.0. The summed E-state index contributed by atoms with van der Waals surface area (Å²) in [5.74, 6) is 3.33. The molecule has 8 fully saturated rings. The monoisotopic (exact) mass is 688 g/mol. The molecule has 5 saturated heterocycles. The van der Waals surface area contributed by atoms with E-state index in [2.05, 4.69) is 15.5 Å². The number of amides is 4. The van der Waals surface area contributed by atoms with Crippen LogP contribution in [0.25, 0.3) is 10.8 Å². The fourth-order valence-electron chi connectivity index (χ4n) is 10.4. The van der Waals surface area contributed by atoms with Gasteiger partial charge in [0.1, 0.15) is 6.04 Å². The van der Waals surface area contributed by atoms with Crippen LogP contribution in [0.3, 0.4) is 0 Å². The third-order valence-corrected chi connectivity index (χ3v) is 22.4. The third kappa shape index (κ3) is 2.49. The number of carbonyl (C=O) groups is 4. The first-order valence-electron chi connectivity index (χ1n) is 15.5. The third-order valence-electron chi connectivity index (χ3n) is 12.2. The molecule has 7 heterocycles. The van der Waals surface area contributed by atoms with Crippen LogP contribution in [0, 0.1) is 23.7 Å². The van der Waals surface area contributed by atoms with Crippen LogP contribution in [0.15, 0.2) is 42.7 Å². The molecule has 3 aliphatic carbocycles. The number of aromatic nitrogens is 2. The van der Waals surface area contributed by atoms with Crippen molar-refractivity contribution in [2.24, 2.45) is 23.7 Å². The first-order valence-corrected chi connectivity index (χ1v) is 19.1. The SMILES string of the molecule is O=C1CCC(N2C(=O)c3cccc4c(Nc5cnn(C6CCN(C(=O)C78C9C%10C%11C9I7C%11C%108)CC6)c5)ccc2c34)C(=O)N1. The van der Waals surface area contributed by atoms with Gasteiger partial charge in [-0.2, -0.15) is 0 Å². The van der Waals surface area contributed by atoms with Gasteiger partial charge < -0.3 is 0 Å². The zero-order valence-corrected chi connectivity index (χ0v) is 25.4. The summed E-state index contributed by atoms with van der Waals surface area (Å²) < 4.78 is 4.46. The molecular weight excluding hydrogens is 659 g/mol. The van der Waals surface area contributed by atoms with Crippen LogP contribution in [0.2, 0.25) is 0 Å². The summed E-state index contributed by atoms with van der Waals surface area (Å²) in [5.41, 5.74) is 2.98. The van der Waals surface area contributed by atoms with E-state index in [0.29, 0.717) is 23.6 Å². The van der Waals surface area contributed by atoms with E-state index in [9.17, 15) is 19.2 Å². The number of likely N-dealkylation sites (tertiary alicyclic amines) is 1. The predicted octanol–water partition coefficient (Wildman–Crippen LogP) is 3.22. The molecule has 11 heteroatoms. The molecule has 9 aliphatic rings. The summed E-state index contributed by atoms with van der Waals surface area (Å²) in [6.45, 7) is 1.68. The second kappa shape index (κ2) is 7.59. The Balaban J connectivity index is 0.810. The normalized spacial score (nSPS) is 38.1.